The summed E-state index contributed by atoms with van der Waals surface area (Å²) in [5, 5.41) is 12.1. The van der Waals surface area contributed by atoms with Gasteiger partial charge in [0.05, 0.1) is 5.41 Å². The number of nitrogens with zero attached hydrogens (tertiary/aromatic N) is 1. The van der Waals surface area contributed by atoms with Crippen molar-refractivity contribution in [3.63, 3.8) is 0 Å². The third-order valence-electron chi connectivity index (χ3n) is 4.52. The van der Waals surface area contributed by atoms with Crippen LogP contribution in [0.15, 0.2) is 24.3 Å². The molecule has 6 nitrogen and oxygen atoms in total. The molecule has 0 aromatic heterocycles. The van der Waals surface area contributed by atoms with Crippen LogP contribution in [0.2, 0.25) is 0 Å². The van der Waals surface area contributed by atoms with Crippen LogP contribution in [0.1, 0.15) is 39.0 Å². The van der Waals surface area contributed by atoms with Gasteiger partial charge in [-0.1, -0.05) is 12.8 Å². The van der Waals surface area contributed by atoms with E-state index in [1.54, 1.807) is 31.3 Å². The van der Waals surface area contributed by atoms with Crippen molar-refractivity contribution in [1.29, 1.82) is 0 Å². The second kappa shape index (κ2) is 6.81. The highest BCUT2D eigenvalue weighted by Gasteiger charge is 2.42. The fourth-order valence-electron chi connectivity index (χ4n) is 2.98. The number of benzene rings is 1. The van der Waals surface area contributed by atoms with E-state index >= 15 is 0 Å². The molecule has 2 amide bonds. The van der Waals surface area contributed by atoms with Crippen LogP contribution in [0.5, 0.6) is 0 Å². The number of carbonyl (C=O) groups is 3. The highest BCUT2D eigenvalue weighted by Crippen LogP contribution is 2.41. The normalized spacial score (nSPS) is 15.9. The Balaban J connectivity index is 2.00. The maximum atomic E-state index is 12.2. The van der Waals surface area contributed by atoms with E-state index in [0.717, 1.165) is 18.5 Å². The molecule has 1 fully saturated rings. The smallest absolute Gasteiger partial charge is 0.310 e. The van der Waals surface area contributed by atoms with Gasteiger partial charge in [-0.2, -0.15) is 0 Å². The van der Waals surface area contributed by atoms with Crippen LogP contribution in [-0.2, 0) is 14.4 Å². The van der Waals surface area contributed by atoms with Gasteiger partial charge in [0.25, 0.3) is 0 Å². The van der Waals surface area contributed by atoms with E-state index in [1.165, 1.54) is 11.8 Å². The van der Waals surface area contributed by atoms with Crippen LogP contribution >= 0.6 is 0 Å². The van der Waals surface area contributed by atoms with Crippen LogP contribution in [0.4, 0.5) is 11.4 Å². The van der Waals surface area contributed by atoms with Crippen molar-refractivity contribution in [2.75, 3.05) is 17.3 Å². The molecule has 0 aliphatic heterocycles. The van der Waals surface area contributed by atoms with Crippen LogP contribution < -0.4 is 10.2 Å². The van der Waals surface area contributed by atoms with Gasteiger partial charge in [0.2, 0.25) is 11.8 Å². The first-order chi connectivity index (χ1) is 10.8. The zero-order valence-electron chi connectivity index (χ0n) is 13.5. The summed E-state index contributed by atoms with van der Waals surface area (Å²) in [5.41, 5.74) is 0.404. The summed E-state index contributed by atoms with van der Waals surface area (Å²) in [6.45, 7) is 1.47. The number of anilines is 2. The molecule has 1 aromatic rings. The predicted molar refractivity (Wildman–Crippen MR) is 87.3 cm³/mol. The lowest BCUT2D eigenvalue weighted by Crippen LogP contribution is -2.32. The second-order valence-corrected chi connectivity index (χ2v) is 6.14. The first-order valence-electron chi connectivity index (χ1n) is 7.72. The van der Waals surface area contributed by atoms with E-state index in [1.807, 2.05) is 0 Å². The van der Waals surface area contributed by atoms with E-state index in [2.05, 4.69) is 5.32 Å². The zero-order valence-corrected chi connectivity index (χ0v) is 13.5. The molecule has 0 atom stereocenters. The van der Waals surface area contributed by atoms with Gasteiger partial charge >= 0.3 is 5.97 Å². The van der Waals surface area contributed by atoms with Crippen molar-refractivity contribution in [3.8, 4) is 0 Å². The Morgan fingerprint density at radius 1 is 1.17 bits per heavy atom. The molecule has 0 unspecified atom stereocenters. The van der Waals surface area contributed by atoms with E-state index in [-0.39, 0.29) is 18.2 Å². The molecule has 0 radical (unpaired) electrons. The molecule has 2 N–H and O–H groups in total. The quantitative estimate of drug-likeness (QED) is 0.874. The minimum atomic E-state index is -0.918. The number of hydrogen-bond donors (Lipinski definition) is 2. The summed E-state index contributed by atoms with van der Waals surface area (Å²) in [7, 11) is 1.67. The number of amides is 2. The molecule has 0 heterocycles. The third-order valence-corrected chi connectivity index (χ3v) is 4.52. The molecule has 2 rings (SSSR count). The van der Waals surface area contributed by atoms with E-state index in [0.29, 0.717) is 18.5 Å². The van der Waals surface area contributed by atoms with Gasteiger partial charge in [0, 0.05) is 31.8 Å². The van der Waals surface area contributed by atoms with Crippen molar-refractivity contribution in [3.05, 3.63) is 24.3 Å². The topological polar surface area (TPSA) is 86.7 Å². The molecular weight excluding hydrogens is 296 g/mol. The second-order valence-electron chi connectivity index (χ2n) is 6.14. The number of nitrogens with one attached hydrogen (secondary N) is 1. The average molecular weight is 318 g/mol. The Bertz CT molecular complexity index is 604. The summed E-state index contributed by atoms with van der Waals surface area (Å²) in [6.07, 6.45) is 2.81. The maximum Gasteiger partial charge on any atom is 0.310 e. The van der Waals surface area contributed by atoms with Gasteiger partial charge in [-0.15, -0.1) is 0 Å². The minimum absolute atomic E-state index is 0.00255. The molecule has 1 aliphatic rings. The molecule has 0 bridgehead atoms. The first-order valence-corrected chi connectivity index (χ1v) is 7.72. The van der Waals surface area contributed by atoms with Crippen LogP contribution in [0.3, 0.4) is 0 Å². The highest BCUT2D eigenvalue weighted by molar-refractivity contribution is 5.95. The Labute approximate surface area is 135 Å². The number of hydrogen-bond acceptors (Lipinski definition) is 3. The molecule has 1 aliphatic carbocycles. The van der Waals surface area contributed by atoms with Crippen molar-refractivity contribution in [1.82, 2.24) is 0 Å². The van der Waals surface area contributed by atoms with Crippen LogP contribution in [-0.4, -0.2) is 29.9 Å². The van der Waals surface area contributed by atoms with Gasteiger partial charge in [-0.3, -0.25) is 14.4 Å². The summed E-state index contributed by atoms with van der Waals surface area (Å²) in [6, 6.07) is 6.88. The van der Waals surface area contributed by atoms with Gasteiger partial charge in [-0.05, 0) is 37.1 Å². The highest BCUT2D eigenvalue weighted by atomic mass is 16.4. The number of carbonyl (C=O) groups excluding carboxylic acids is 2. The largest absolute Gasteiger partial charge is 0.481 e. The molecule has 124 valence electrons. The summed E-state index contributed by atoms with van der Waals surface area (Å²) >= 11 is 0. The van der Waals surface area contributed by atoms with Crippen molar-refractivity contribution in [2.45, 2.75) is 39.0 Å². The van der Waals surface area contributed by atoms with E-state index in [4.69, 9.17) is 0 Å². The van der Waals surface area contributed by atoms with Crippen LogP contribution in [0.25, 0.3) is 0 Å². The third kappa shape index (κ3) is 3.88. The SMILES string of the molecule is CC(=O)N(C)c1ccc(NC(=O)CC2(C(=O)O)CCCC2)cc1. The Kier molecular flexibility index (Phi) is 5.03. The molecule has 1 aromatic carbocycles. The molecular formula is C17H22N2O4. The number of carboxylic acid groups (broad SMARTS) is 1. The standard InChI is InChI=1S/C17H22N2O4/c1-12(20)19(2)14-7-5-13(6-8-14)18-15(21)11-17(16(22)23)9-3-4-10-17/h5-8H,3-4,9-11H2,1-2H3,(H,18,21)(H,22,23). The number of rotatable bonds is 5. The lowest BCUT2D eigenvalue weighted by atomic mass is 9.82. The lowest BCUT2D eigenvalue weighted by molar-refractivity contribution is -0.150. The predicted octanol–water partition coefficient (Wildman–Crippen LogP) is 2.64. The first kappa shape index (κ1) is 17.0. The van der Waals surface area contributed by atoms with Gasteiger partial charge in [-0.25, -0.2) is 0 Å². The molecule has 0 spiro atoms. The average Bonchev–Trinajstić information content (AvgIpc) is 2.97. The fraction of sp³-hybridized carbons (Fsp3) is 0.471. The molecule has 23 heavy (non-hydrogen) atoms. The minimum Gasteiger partial charge on any atom is -0.481 e. The van der Waals surface area contributed by atoms with Crippen molar-refractivity contribution < 1.29 is 19.5 Å². The summed E-state index contributed by atoms with van der Waals surface area (Å²) in [4.78, 5) is 36.4. The van der Waals surface area contributed by atoms with Crippen molar-refractivity contribution >= 4 is 29.2 Å². The van der Waals surface area contributed by atoms with Gasteiger partial charge in [0.1, 0.15) is 0 Å². The molecule has 1 saturated carbocycles. The van der Waals surface area contributed by atoms with Gasteiger partial charge < -0.3 is 15.3 Å². The van der Waals surface area contributed by atoms with E-state index in [9.17, 15) is 19.5 Å². The fourth-order valence-corrected chi connectivity index (χ4v) is 2.98. The Hall–Kier alpha value is -2.37. The van der Waals surface area contributed by atoms with E-state index < -0.39 is 11.4 Å². The number of aliphatic carboxylic acids is 1. The van der Waals surface area contributed by atoms with Crippen molar-refractivity contribution in [2.24, 2.45) is 5.41 Å². The van der Waals surface area contributed by atoms with Crippen LogP contribution in [0, 0.1) is 5.41 Å². The Morgan fingerprint density at radius 3 is 2.22 bits per heavy atom. The molecule has 6 heteroatoms. The Morgan fingerprint density at radius 2 is 1.74 bits per heavy atom. The monoisotopic (exact) mass is 318 g/mol. The maximum absolute atomic E-state index is 12.2. The zero-order chi connectivity index (χ0) is 17.0. The van der Waals surface area contributed by atoms with Gasteiger partial charge in [0.15, 0.2) is 0 Å². The summed E-state index contributed by atoms with van der Waals surface area (Å²) < 4.78 is 0. The lowest BCUT2D eigenvalue weighted by Gasteiger charge is -2.23. The summed E-state index contributed by atoms with van der Waals surface area (Å²) in [5.74, 6) is -1.25. The molecule has 0 saturated heterocycles. The number of carboxylic acids is 1.